The Bertz CT molecular complexity index is 870. The zero-order valence-corrected chi connectivity index (χ0v) is 26.9. The summed E-state index contributed by atoms with van der Waals surface area (Å²) in [6.45, 7) is 7.71. The SMILES string of the molecule is CCCCCCCCCCCCCCCCOCC(COP(=O)(O)Oc1cccc(CN2C=CN(CC)C2)c1)OC. The van der Waals surface area contributed by atoms with Gasteiger partial charge in [0.25, 0.3) is 0 Å². The van der Waals surface area contributed by atoms with Crippen molar-refractivity contribution in [3.8, 4) is 5.75 Å². The molecular formula is C32H57N2O6P. The highest BCUT2D eigenvalue weighted by Crippen LogP contribution is 2.44. The molecule has 1 aliphatic rings. The van der Waals surface area contributed by atoms with E-state index in [1.54, 1.807) is 19.2 Å². The number of nitrogens with zero attached hydrogens (tertiary/aromatic N) is 2. The summed E-state index contributed by atoms with van der Waals surface area (Å²) in [5, 5.41) is 0. The molecular weight excluding hydrogens is 539 g/mol. The van der Waals surface area contributed by atoms with E-state index in [2.05, 4.69) is 29.8 Å². The second-order valence-electron chi connectivity index (χ2n) is 11.1. The van der Waals surface area contributed by atoms with Crippen LogP contribution in [0, 0.1) is 0 Å². The fourth-order valence-electron chi connectivity index (χ4n) is 4.89. The maximum atomic E-state index is 12.6. The fraction of sp³-hybridized carbons (Fsp3) is 0.750. The van der Waals surface area contributed by atoms with Gasteiger partial charge in [-0.1, -0.05) is 103 Å². The molecule has 9 heteroatoms. The Labute approximate surface area is 250 Å². The van der Waals surface area contributed by atoms with E-state index in [0.29, 0.717) is 25.5 Å². The number of methoxy groups -OCH3 is 1. The standard InChI is InChI=1S/C32H57N2O6P/c1-4-6-7-8-9-10-11-12-13-14-15-16-17-18-24-38-27-32(37-3)28-39-41(35,36)40-31-21-19-20-30(25-31)26-34-23-22-33(5-2)29-34/h19-23,25,32H,4-18,24,26-29H2,1-3H3,(H,35,36). The molecule has 2 atom stereocenters. The van der Waals surface area contributed by atoms with Crippen molar-refractivity contribution in [3.05, 3.63) is 42.2 Å². The highest BCUT2D eigenvalue weighted by atomic mass is 31.2. The van der Waals surface area contributed by atoms with E-state index in [1.165, 1.54) is 77.0 Å². The number of unbranched alkanes of at least 4 members (excludes halogenated alkanes) is 13. The molecule has 0 aromatic heterocycles. The van der Waals surface area contributed by atoms with Gasteiger partial charge in [-0.2, -0.15) is 0 Å². The second kappa shape index (κ2) is 22.0. The summed E-state index contributed by atoms with van der Waals surface area (Å²) in [5.74, 6) is 0.298. The summed E-state index contributed by atoms with van der Waals surface area (Å²) in [7, 11) is -2.75. The van der Waals surface area contributed by atoms with Crippen LogP contribution < -0.4 is 4.52 Å². The van der Waals surface area contributed by atoms with Crippen molar-refractivity contribution in [2.45, 2.75) is 116 Å². The molecule has 41 heavy (non-hydrogen) atoms. The van der Waals surface area contributed by atoms with Crippen LogP contribution in [-0.2, 0) is 25.1 Å². The van der Waals surface area contributed by atoms with Gasteiger partial charge in [0.15, 0.2) is 0 Å². The summed E-state index contributed by atoms with van der Waals surface area (Å²) in [6.07, 6.45) is 22.2. The van der Waals surface area contributed by atoms with Gasteiger partial charge in [0, 0.05) is 39.2 Å². The Balaban J connectivity index is 1.50. The third-order valence-electron chi connectivity index (χ3n) is 7.47. The monoisotopic (exact) mass is 596 g/mol. The first-order valence-corrected chi connectivity index (χ1v) is 17.5. The van der Waals surface area contributed by atoms with Crippen molar-refractivity contribution in [1.29, 1.82) is 0 Å². The summed E-state index contributed by atoms with van der Waals surface area (Å²) in [6, 6.07) is 7.20. The molecule has 2 unspecified atom stereocenters. The van der Waals surface area contributed by atoms with Crippen molar-refractivity contribution in [3.63, 3.8) is 0 Å². The number of benzene rings is 1. The summed E-state index contributed by atoms with van der Waals surface area (Å²) >= 11 is 0. The van der Waals surface area contributed by atoms with Gasteiger partial charge in [-0.15, -0.1) is 0 Å². The molecule has 0 saturated carbocycles. The Morgan fingerprint density at radius 3 is 2.05 bits per heavy atom. The number of phosphoric acid groups is 1. The van der Waals surface area contributed by atoms with Crippen molar-refractivity contribution >= 4 is 7.82 Å². The minimum atomic E-state index is -4.30. The van der Waals surface area contributed by atoms with Crippen LogP contribution in [0.15, 0.2) is 36.7 Å². The predicted molar refractivity (Wildman–Crippen MR) is 167 cm³/mol. The van der Waals surface area contributed by atoms with Crippen molar-refractivity contribution < 1.29 is 28.0 Å². The van der Waals surface area contributed by atoms with E-state index in [4.69, 9.17) is 18.5 Å². The molecule has 1 aromatic carbocycles. The summed E-state index contributed by atoms with van der Waals surface area (Å²) in [4.78, 5) is 14.6. The van der Waals surface area contributed by atoms with Gasteiger partial charge in [0.2, 0.25) is 0 Å². The summed E-state index contributed by atoms with van der Waals surface area (Å²) < 4.78 is 34.2. The lowest BCUT2D eigenvalue weighted by molar-refractivity contribution is -0.0197. The quantitative estimate of drug-likeness (QED) is 0.0846. The molecule has 0 aliphatic carbocycles. The molecule has 1 aromatic rings. The van der Waals surface area contributed by atoms with E-state index in [0.717, 1.165) is 31.6 Å². The van der Waals surface area contributed by atoms with Crippen LogP contribution in [0.5, 0.6) is 5.75 Å². The molecule has 8 nitrogen and oxygen atoms in total. The van der Waals surface area contributed by atoms with Gasteiger partial charge >= 0.3 is 7.82 Å². The highest BCUT2D eigenvalue weighted by molar-refractivity contribution is 7.47. The Morgan fingerprint density at radius 2 is 1.46 bits per heavy atom. The van der Waals surface area contributed by atoms with Gasteiger partial charge in [-0.05, 0) is 31.0 Å². The average molecular weight is 597 g/mol. The average Bonchev–Trinajstić information content (AvgIpc) is 3.41. The molecule has 1 aliphatic heterocycles. The Hall–Kier alpha value is -1.57. The van der Waals surface area contributed by atoms with Crippen LogP contribution in [0.1, 0.15) is 109 Å². The molecule has 2 rings (SSSR count). The third-order valence-corrected chi connectivity index (χ3v) is 8.38. The Morgan fingerprint density at radius 1 is 0.854 bits per heavy atom. The van der Waals surface area contributed by atoms with Crippen LogP contribution in [0.3, 0.4) is 0 Å². The van der Waals surface area contributed by atoms with Crippen LogP contribution in [0.4, 0.5) is 0 Å². The molecule has 0 amide bonds. The number of hydrogen-bond donors (Lipinski definition) is 1. The maximum absolute atomic E-state index is 12.6. The number of rotatable bonds is 26. The van der Waals surface area contributed by atoms with Crippen LogP contribution in [0.25, 0.3) is 0 Å². The lowest BCUT2D eigenvalue weighted by Gasteiger charge is -2.21. The molecule has 1 heterocycles. The van der Waals surface area contributed by atoms with Gasteiger partial charge in [-0.25, -0.2) is 4.57 Å². The summed E-state index contributed by atoms with van der Waals surface area (Å²) in [5.41, 5.74) is 0.983. The minimum absolute atomic E-state index is 0.0892. The lowest BCUT2D eigenvalue weighted by atomic mass is 10.0. The first kappa shape index (κ1) is 35.6. The van der Waals surface area contributed by atoms with E-state index in [1.807, 2.05) is 18.3 Å². The van der Waals surface area contributed by atoms with Crippen molar-refractivity contribution in [2.24, 2.45) is 0 Å². The number of ether oxygens (including phenoxy) is 2. The van der Waals surface area contributed by atoms with E-state index < -0.39 is 13.9 Å². The lowest BCUT2D eigenvalue weighted by Crippen LogP contribution is -2.24. The molecule has 0 fully saturated rings. The molecule has 1 N–H and O–H groups in total. The maximum Gasteiger partial charge on any atom is 0.527 e. The van der Waals surface area contributed by atoms with Crippen LogP contribution in [0.2, 0.25) is 0 Å². The number of hydrogen-bond acceptors (Lipinski definition) is 7. The Kier molecular flexibility index (Phi) is 19.1. The first-order chi connectivity index (χ1) is 20.0. The minimum Gasteiger partial charge on any atom is -0.404 e. The van der Waals surface area contributed by atoms with Gasteiger partial charge in [-0.3, -0.25) is 9.42 Å². The fourth-order valence-corrected chi connectivity index (χ4v) is 5.68. The van der Waals surface area contributed by atoms with Crippen LogP contribution >= 0.6 is 7.82 Å². The molecule has 0 spiro atoms. The zero-order chi connectivity index (χ0) is 29.6. The van der Waals surface area contributed by atoms with Gasteiger partial charge in [0.05, 0.1) is 19.9 Å². The molecule has 236 valence electrons. The second-order valence-corrected chi connectivity index (χ2v) is 12.5. The molecule has 0 radical (unpaired) electrons. The van der Waals surface area contributed by atoms with E-state index in [-0.39, 0.29) is 6.61 Å². The highest BCUT2D eigenvalue weighted by Gasteiger charge is 2.25. The van der Waals surface area contributed by atoms with Crippen molar-refractivity contribution in [2.75, 3.05) is 40.1 Å². The topological polar surface area (TPSA) is 80.7 Å². The van der Waals surface area contributed by atoms with Crippen LogP contribution in [-0.4, -0.2) is 60.9 Å². The van der Waals surface area contributed by atoms with Gasteiger partial charge < -0.3 is 23.8 Å². The van der Waals surface area contributed by atoms with Gasteiger partial charge in [0.1, 0.15) is 11.9 Å². The predicted octanol–water partition coefficient (Wildman–Crippen LogP) is 8.26. The largest absolute Gasteiger partial charge is 0.527 e. The smallest absolute Gasteiger partial charge is 0.404 e. The van der Waals surface area contributed by atoms with E-state index in [9.17, 15) is 9.46 Å². The zero-order valence-electron chi connectivity index (χ0n) is 26.0. The normalized spacial score (nSPS) is 15.4. The third kappa shape index (κ3) is 17.2. The number of phosphoric ester groups is 1. The first-order valence-electron chi connectivity index (χ1n) is 16.0. The van der Waals surface area contributed by atoms with E-state index >= 15 is 0 Å². The van der Waals surface area contributed by atoms with Crippen molar-refractivity contribution in [1.82, 2.24) is 9.80 Å². The molecule has 0 saturated heterocycles. The molecule has 0 bridgehead atoms.